The maximum atomic E-state index is 12.6. The van der Waals surface area contributed by atoms with Crippen molar-refractivity contribution in [3.63, 3.8) is 0 Å². The molecule has 4 rings (SSSR count). The number of amides is 1. The maximum Gasteiger partial charge on any atom is 0.257 e. The lowest BCUT2D eigenvalue weighted by Crippen LogP contribution is -2.34. The molecule has 1 aromatic heterocycles. The van der Waals surface area contributed by atoms with Crippen molar-refractivity contribution in [1.29, 1.82) is 5.26 Å². The molecule has 2 N–H and O–H groups in total. The summed E-state index contributed by atoms with van der Waals surface area (Å²) in [7, 11) is 0. The highest BCUT2D eigenvalue weighted by Gasteiger charge is 2.22. The molecule has 0 aliphatic heterocycles. The summed E-state index contributed by atoms with van der Waals surface area (Å²) in [6.45, 7) is 0.736. The van der Waals surface area contributed by atoms with Crippen LogP contribution in [0.5, 0.6) is 11.5 Å². The van der Waals surface area contributed by atoms with E-state index in [1.54, 1.807) is 24.3 Å². The molecule has 1 aliphatic carbocycles. The molecule has 0 spiro atoms. The Hall–Kier alpha value is -3.41. The number of nitriles is 1. The van der Waals surface area contributed by atoms with Gasteiger partial charge in [-0.3, -0.25) is 10.1 Å². The Balaban J connectivity index is 1.30. The van der Waals surface area contributed by atoms with Crippen LogP contribution in [-0.4, -0.2) is 24.2 Å². The smallest absolute Gasteiger partial charge is 0.257 e. The van der Waals surface area contributed by atoms with Crippen molar-refractivity contribution in [2.45, 2.75) is 19.3 Å². The minimum absolute atomic E-state index is 0.161. The number of ether oxygens (including phenoxy) is 2. The lowest BCUT2D eigenvalue weighted by atomic mass is 10.1. The molecule has 0 radical (unpaired) electrons. The maximum absolute atomic E-state index is 12.6. The fourth-order valence-electron chi connectivity index (χ4n) is 3.48. The van der Waals surface area contributed by atoms with Gasteiger partial charge >= 0.3 is 0 Å². The van der Waals surface area contributed by atoms with Crippen LogP contribution in [0.1, 0.15) is 32.8 Å². The summed E-state index contributed by atoms with van der Waals surface area (Å²) in [4.78, 5) is 13.8. The van der Waals surface area contributed by atoms with Gasteiger partial charge in [0.15, 0.2) is 5.11 Å². The normalized spacial score (nSPS) is 11.8. The van der Waals surface area contributed by atoms with Crippen molar-refractivity contribution >= 4 is 39.6 Å². The molecule has 8 heteroatoms. The minimum atomic E-state index is -0.351. The number of carbonyl (C=O) groups is 1. The highest BCUT2D eigenvalue weighted by atomic mass is 32.1. The average Bonchev–Trinajstić information content (AvgIpc) is 3.38. The Kier molecular flexibility index (Phi) is 7.00. The molecule has 2 aromatic carbocycles. The number of thiophene rings is 1. The lowest BCUT2D eigenvalue weighted by molar-refractivity contribution is 0.0977. The van der Waals surface area contributed by atoms with E-state index in [9.17, 15) is 10.1 Å². The Labute approximate surface area is 195 Å². The van der Waals surface area contributed by atoms with E-state index >= 15 is 0 Å². The average molecular weight is 464 g/mol. The van der Waals surface area contributed by atoms with Gasteiger partial charge in [0.05, 0.1) is 5.56 Å². The first-order valence-electron chi connectivity index (χ1n) is 10.2. The van der Waals surface area contributed by atoms with Crippen LogP contribution in [0.25, 0.3) is 0 Å². The van der Waals surface area contributed by atoms with Crippen LogP contribution in [0.4, 0.5) is 5.00 Å². The van der Waals surface area contributed by atoms with Crippen molar-refractivity contribution in [2.24, 2.45) is 0 Å². The molecule has 32 heavy (non-hydrogen) atoms. The predicted octanol–water partition coefficient (Wildman–Crippen LogP) is 4.69. The zero-order valence-electron chi connectivity index (χ0n) is 17.2. The first-order chi connectivity index (χ1) is 15.6. The summed E-state index contributed by atoms with van der Waals surface area (Å²) in [6, 6.07) is 18.6. The van der Waals surface area contributed by atoms with Gasteiger partial charge < -0.3 is 14.8 Å². The van der Waals surface area contributed by atoms with Crippen LogP contribution in [0.2, 0.25) is 0 Å². The van der Waals surface area contributed by atoms with Crippen molar-refractivity contribution < 1.29 is 14.3 Å². The molecule has 1 aliphatic rings. The Bertz CT molecular complexity index is 1170. The van der Waals surface area contributed by atoms with E-state index in [0.29, 0.717) is 35.1 Å². The summed E-state index contributed by atoms with van der Waals surface area (Å²) >= 11 is 6.83. The number of para-hydroxylation sites is 1. The molecule has 1 amide bonds. The first-order valence-corrected chi connectivity index (χ1v) is 11.4. The SMILES string of the molecule is N#Cc1c(NC(=S)NC(=O)c2cccc(OCCOc3ccccc3)c2)sc2c1CCC2. The molecule has 162 valence electrons. The Morgan fingerprint density at radius 2 is 1.81 bits per heavy atom. The number of anilines is 1. The highest BCUT2D eigenvalue weighted by Crippen LogP contribution is 2.38. The molecule has 0 saturated carbocycles. The number of hydrogen-bond donors (Lipinski definition) is 2. The number of rotatable bonds is 7. The van der Waals surface area contributed by atoms with Gasteiger partial charge in [0.2, 0.25) is 0 Å². The van der Waals surface area contributed by atoms with E-state index in [4.69, 9.17) is 21.7 Å². The van der Waals surface area contributed by atoms with Gasteiger partial charge in [-0.2, -0.15) is 5.26 Å². The summed E-state index contributed by atoms with van der Waals surface area (Å²) < 4.78 is 11.3. The molecule has 3 aromatic rings. The van der Waals surface area contributed by atoms with Crippen LogP contribution in [-0.2, 0) is 12.8 Å². The number of hydrogen-bond acceptors (Lipinski definition) is 6. The summed E-state index contributed by atoms with van der Waals surface area (Å²) in [5.41, 5.74) is 2.16. The van der Waals surface area contributed by atoms with Crippen molar-refractivity contribution in [2.75, 3.05) is 18.5 Å². The molecule has 0 unspecified atom stereocenters. The second-order valence-electron chi connectivity index (χ2n) is 7.12. The first kappa shape index (κ1) is 21.8. The van der Waals surface area contributed by atoms with Crippen LogP contribution < -0.4 is 20.1 Å². The van der Waals surface area contributed by atoms with E-state index in [1.165, 1.54) is 16.2 Å². The standard InChI is InChI=1S/C24H21N3O3S2/c25-15-20-19-10-5-11-21(19)32-23(20)27-24(31)26-22(28)16-6-4-9-18(14-16)30-13-12-29-17-7-2-1-3-8-17/h1-4,6-9,14H,5,10-13H2,(H2,26,27,28,31). The van der Waals surface area contributed by atoms with Gasteiger partial charge in [-0.15, -0.1) is 11.3 Å². The molecular formula is C24H21N3O3S2. The van der Waals surface area contributed by atoms with E-state index in [0.717, 1.165) is 30.6 Å². The largest absolute Gasteiger partial charge is 0.490 e. The van der Waals surface area contributed by atoms with Gasteiger partial charge in [0, 0.05) is 10.4 Å². The van der Waals surface area contributed by atoms with Gasteiger partial charge in [-0.05, 0) is 67.4 Å². The van der Waals surface area contributed by atoms with Crippen LogP contribution >= 0.6 is 23.6 Å². The third kappa shape index (κ3) is 5.25. The number of nitrogens with one attached hydrogen (secondary N) is 2. The van der Waals surface area contributed by atoms with Crippen molar-refractivity contribution in [3.8, 4) is 17.6 Å². The van der Waals surface area contributed by atoms with E-state index in [1.807, 2.05) is 30.3 Å². The zero-order chi connectivity index (χ0) is 22.3. The summed E-state index contributed by atoms with van der Waals surface area (Å²) in [5, 5.41) is 16.0. The minimum Gasteiger partial charge on any atom is -0.490 e. The predicted molar refractivity (Wildman–Crippen MR) is 129 cm³/mol. The van der Waals surface area contributed by atoms with Crippen LogP contribution in [0.3, 0.4) is 0 Å². The van der Waals surface area contributed by atoms with Crippen molar-refractivity contribution in [1.82, 2.24) is 5.32 Å². The molecule has 0 bridgehead atoms. The van der Waals surface area contributed by atoms with Crippen molar-refractivity contribution in [3.05, 3.63) is 76.2 Å². The summed E-state index contributed by atoms with van der Waals surface area (Å²) in [6.07, 6.45) is 2.98. The molecule has 1 heterocycles. The summed E-state index contributed by atoms with van der Waals surface area (Å²) in [5.74, 6) is 0.992. The van der Waals surface area contributed by atoms with Gasteiger partial charge in [-0.25, -0.2) is 0 Å². The van der Waals surface area contributed by atoms with E-state index < -0.39 is 0 Å². The Morgan fingerprint density at radius 1 is 1.06 bits per heavy atom. The number of benzene rings is 2. The molecule has 6 nitrogen and oxygen atoms in total. The number of fused-ring (bicyclic) bond motifs is 1. The van der Waals surface area contributed by atoms with Gasteiger partial charge in [-0.1, -0.05) is 24.3 Å². The van der Waals surface area contributed by atoms with Gasteiger partial charge in [0.25, 0.3) is 5.91 Å². The monoisotopic (exact) mass is 463 g/mol. The number of thiocarbonyl (C=S) groups is 1. The molecular weight excluding hydrogens is 442 g/mol. The lowest BCUT2D eigenvalue weighted by Gasteiger charge is -2.11. The zero-order valence-corrected chi connectivity index (χ0v) is 18.9. The van der Waals surface area contributed by atoms with Crippen LogP contribution in [0, 0.1) is 11.3 Å². The fourth-order valence-corrected chi connectivity index (χ4v) is 4.99. The second-order valence-corrected chi connectivity index (χ2v) is 8.63. The van der Waals surface area contributed by atoms with Gasteiger partial charge in [0.1, 0.15) is 35.8 Å². The van der Waals surface area contributed by atoms with E-state index in [2.05, 4.69) is 16.7 Å². The number of carbonyl (C=O) groups excluding carboxylic acids is 1. The number of aryl methyl sites for hydroxylation is 1. The fraction of sp³-hybridized carbons (Fsp3) is 0.208. The molecule has 0 fully saturated rings. The third-order valence-corrected chi connectivity index (χ3v) is 6.36. The third-order valence-electron chi connectivity index (χ3n) is 4.95. The number of nitrogens with zero attached hydrogens (tertiary/aromatic N) is 1. The Morgan fingerprint density at radius 3 is 2.59 bits per heavy atom. The molecule has 0 atom stereocenters. The molecule has 0 saturated heterocycles. The second kappa shape index (κ2) is 10.3. The van der Waals surface area contributed by atoms with E-state index in [-0.39, 0.29) is 11.0 Å². The van der Waals surface area contributed by atoms with Crippen LogP contribution in [0.15, 0.2) is 54.6 Å². The topological polar surface area (TPSA) is 83.4 Å². The quantitative estimate of drug-likeness (QED) is 0.391. The highest BCUT2D eigenvalue weighted by molar-refractivity contribution is 7.80.